The Labute approximate surface area is 150 Å². The molecule has 1 aliphatic heterocycles. The molecule has 134 valence electrons. The fourth-order valence-electron chi connectivity index (χ4n) is 2.99. The SMILES string of the molecule is CCOCCNC(=NC)NCC1CCN(c2cc(Cl)ccc2C)C1. The van der Waals surface area contributed by atoms with Crippen LogP contribution in [-0.2, 0) is 4.74 Å². The summed E-state index contributed by atoms with van der Waals surface area (Å²) >= 11 is 6.15. The molecule has 0 bridgehead atoms. The van der Waals surface area contributed by atoms with E-state index < -0.39 is 0 Å². The highest BCUT2D eigenvalue weighted by Gasteiger charge is 2.23. The standard InChI is InChI=1S/C18H29ClN4O/c1-4-24-10-8-21-18(20-3)22-12-15-7-9-23(13-15)17-11-16(19)6-5-14(17)2/h5-6,11,15H,4,7-10,12-13H2,1-3H3,(H2,20,21,22). The number of halogens is 1. The van der Waals surface area contributed by atoms with Crippen LogP contribution < -0.4 is 15.5 Å². The van der Waals surface area contributed by atoms with Crippen molar-refractivity contribution in [2.45, 2.75) is 20.3 Å². The lowest BCUT2D eigenvalue weighted by molar-refractivity contribution is 0.152. The van der Waals surface area contributed by atoms with E-state index in [1.807, 2.05) is 13.0 Å². The Balaban J connectivity index is 1.78. The largest absolute Gasteiger partial charge is 0.380 e. The van der Waals surface area contributed by atoms with Crippen molar-refractivity contribution in [3.8, 4) is 0 Å². The Morgan fingerprint density at radius 3 is 3.00 bits per heavy atom. The maximum absolute atomic E-state index is 6.15. The first kappa shape index (κ1) is 18.9. The van der Waals surface area contributed by atoms with Gasteiger partial charge >= 0.3 is 0 Å². The van der Waals surface area contributed by atoms with Crippen molar-refractivity contribution in [2.24, 2.45) is 10.9 Å². The molecule has 1 saturated heterocycles. The normalized spacial score (nSPS) is 18.1. The van der Waals surface area contributed by atoms with Crippen LogP contribution in [0.25, 0.3) is 0 Å². The fraction of sp³-hybridized carbons (Fsp3) is 0.611. The molecule has 1 aromatic carbocycles. The second-order valence-electron chi connectivity index (χ2n) is 6.11. The minimum absolute atomic E-state index is 0.605. The summed E-state index contributed by atoms with van der Waals surface area (Å²) in [6.07, 6.45) is 1.18. The average Bonchev–Trinajstić information content (AvgIpc) is 3.05. The van der Waals surface area contributed by atoms with Crippen LogP contribution in [0.2, 0.25) is 5.02 Å². The van der Waals surface area contributed by atoms with E-state index >= 15 is 0 Å². The smallest absolute Gasteiger partial charge is 0.191 e. The number of benzene rings is 1. The van der Waals surface area contributed by atoms with Gasteiger partial charge in [-0.1, -0.05) is 17.7 Å². The molecule has 1 aliphatic rings. The van der Waals surface area contributed by atoms with Gasteiger partial charge in [-0.2, -0.15) is 0 Å². The van der Waals surface area contributed by atoms with E-state index in [-0.39, 0.29) is 0 Å². The van der Waals surface area contributed by atoms with Crippen molar-refractivity contribution >= 4 is 23.2 Å². The van der Waals surface area contributed by atoms with Crippen molar-refractivity contribution in [1.29, 1.82) is 0 Å². The number of nitrogens with one attached hydrogen (secondary N) is 2. The van der Waals surface area contributed by atoms with Gasteiger partial charge in [0, 0.05) is 50.5 Å². The summed E-state index contributed by atoms with van der Waals surface area (Å²) < 4.78 is 5.33. The number of ether oxygens (including phenoxy) is 1. The molecule has 0 spiro atoms. The average molecular weight is 353 g/mol. The Kier molecular flexibility index (Phi) is 7.66. The van der Waals surface area contributed by atoms with E-state index in [0.717, 1.165) is 43.8 Å². The van der Waals surface area contributed by atoms with Gasteiger partial charge in [0.1, 0.15) is 0 Å². The number of guanidine groups is 1. The summed E-state index contributed by atoms with van der Waals surface area (Å²) in [6.45, 7) is 9.39. The number of aryl methyl sites for hydroxylation is 1. The van der Waals surface area contributed by atoms with Crippen LogP contribution in [0.5, 0.6) is 0 Å². The molecule has 1 unspecified atom stereocenters. The number of anilines is 1. The highest BCUT2D eigenvalue weighted by atomic mass is 35.5. The molecule has 1 heterocycles. The molecule has 1 atom stereocenters. The third kappa shape index (κ3) is 5.56. The zero-order valence-corrected chi connectivity index (χ0v) is 15.7. The van der Waals surface area contributed by atoms with Crippen LogP contribution >= 0.6 is 11.6 Å². The molecule has 6 heteroatoms. The summed E-state index contributed by atoms with van der Waals surface area (Å²) in [6, 6.07) is 6.11. The molecule has 2 N–H and O–H groups in total. The summed E-state index contributed by atoms with van der Waals surface area (Å²) in [7, 11) is 1.80. The lowest BCUT2D eigenvalue weighted by Gasteiger charge is -2.21. The fourth-order valence-corrected chi connectivity index (χ4v) is 3.16. The molecule has 1 fully saturated rings. The van der Waals surface area contributed by atoms with Gasteiger partial charge in [0.05, 0.1) is 6.61 Å². The molecule has 24 heavy (non-hydrogen) atoms. The van der Waals surface area contributed by atoms with Crippen LogP contribution in [0.15, 0.2) is 23.2 Å². The Bertz CT molecular complexity index is 550. The zero-order chi connectivity index (χ0) is 17.4. The van der Waals surface area contributed by atoms with Gasteiger partial charge in [0.25, 0.3) is 0 Å². The highest BCUT2D eigenvalue weighted by molar-refractivity contribution is 6.30. The van der Waals surface area contributed by atoms with Gasteiger partial charge in [0.2, 0.25) is 0 Å². The maximum Gasteiger partial charge on any atom is 0.191 e. The lowest BCUT2D eigenvalue weighted by atomic mass is 10.1. The molecule has 2 rings (SSSR count). The van der Waals surface area contributed by atoms with Gasteiger partial charge in [-0.15, -0.1) is 0 Å². The molecular formula is C18H29ClN4O. The summed E-state index contributed by atoms with van der Waals surface area (Å²) in [5, 5.41) is 7.49. The van der Waals surface area contributed by atoms with E-state index in [2.05, 4.69) is 39.6 Å². The monoisotopic (exact) mass is 352 g/mol. The van der Waals surface area contributed by atoms with E-state index in [9.17, 15) is 0 Å². The quantitative estimate of drug-likeness (QED) is 0.450. The molecule has 0 radical (unpaired) electrons. The number of nitrogens with zero attached hydrogens (tertiary/aromatic N) is 2. The Morgan fingerprint density at radius 2 is 2.25 bits per heavy atom. The third-order valence-electron chi connectivity index (χ3n) is 4.32. The predicted octanol–water partition coefficient (Wildman–Crippen LogP) is 2.68. The van der Waals surface area contributed by atoms with E-state index in [0.29, 0.717) is 12.5 Å². The Hall–Kier alpha value is -1.46. The van der Waals surface area contributed by atoms with Crippen LogP contribution in [0.4, 0.5) is 5.69 Å². The molecule has 0 amide bonds. The van der Waals surface area contributed by atoms with E-state index in [1.165, 1.54) is 17.7 Å². The van der Waals surface area contributed by atoms with Crippen LogP contribution in [-0.4, -0.2) is 52.4 Å². The van der Waals surface area contributed by atoms with Gasteiger partial charge in [-0.05, 0) is 43.9 Å². The first-order chi connectivity index (χ1) is 11.6. The van der Waals surface area contributed by atoms with Crippen molar-refractivity contribution < 1.29 is 4.74 Å². The molecule has 0 saturated carbocycles. The minimum Gasteiger partial charge on any atom is -0.380 e. The van der Waals surface area contributed by atoms with E-state index in [1.54, 1.807) is 7.05 Å². The summed E-state index contributed by atoms with van der Waals surface area (Å²) in [5.41, 5.74) is 2.53. The topological polar surface area (TPSA) is 48.9 Å². The lowest BCUT2D eigenvalue weighted by Crippen LogP contribution is -2.41. The van der Waals surface area contributed by atoms with Gasteiger partial charge in [0.15, 0.2) is 5.96 Å². The molecular weight excluding hydrogens is 324 g/mol. The second-order valence-corrected chi connectivity index (χ2v) is 6.54. The zero-order valence-electron chi connectivity index (χ0n) is 14.9. The first-order valence-corrected chi connectivity index (χ1v) is 9.05. The molecule has 0 aliphatic carbocycles. The van der Waals surface area contributed by atoms with Crippen LogP contribution in [0, 0.1) is 12.8 Å². The predicted molar refractivity (Wildman–Crippen MR) is 102 cm³/mol. The van der Waals surface area contributed by atoms with Gasteiger partial charge < -0.3 is 20.3 Å². The second kappa shape index (κ2) is 9.74. The summed E-state index contributed by atoms with van der Waals surface area (Å²) in [5.74, 6) is 1.45. The molecule has 0 aromatic heterocycles. The number of hydrogen-bond donors (Lipinski definition) is 2. The van der Waals surface area contributed by atoms with E-state index in [4.69, 9.17) is 16.3 Å². The molecule has 1 aromatic rings. The highest BCUT2D eigenvalue weighted by Crippen LogP contribution is 2.29. The van der Waals surface area contributed by atoms with Gasteiger partial charge in [-0.3, -0.25) is 4.99 Å². The molecule has 5 nitrogen and oxygen atoms in total. The Morgan fingerprint density at radius 1 is 1.42 bits per heavy atom. The van der Waals surface area contributed by atoms with Crippen molar-refractivity contribution in [1.82, 2.24) is 10.6 Å². The minimum atomic E-state index is 0.605. The van der Waals surface area contributed by atoms with Crippen molar-refractivity contribution in [2.75, 3.05) is 51.3 Å². The number of aliphatic imine (C=N–C) groups is 1. The van der Waals surface area contributed by atoms with Crippen molar-refractivity contribution in [3.63, 3.8) is 0 Å². The van der Waals surface area contributed by atoms with Gasteiger partial charge in [-0.25, -0.2) is 0 Å². The number of rotatable bonds is 7. The van der Waals surface area contributed by atoms with Crippen LogP contribution in [0.1, 0.15) is 18.9 Å². The van der Waals surface area contributed by atoms with Crippen LogP contribution in [0.3, 0.4) is 0 Å². The number of hydrogen-bond acceptors (Lipinski definition) is 3. The van der Waals surface area contributed by atoms with Crippen molar-refractivity contribution in [3.05, 3.63) is 28.8 Å². The third-order valence-corrected chi connectivity index (χ3v) is 4.56. The maximum atomic E-state index is 6.15. The first-order valence-electron chi connectivity index (χ1n) is 8.67. The summed E-state index contributed by atoms with van der Waals surface area (Å²) in [4.78, 5) is 6.69.